The van der Waals surface area contributed by atoms with Crippen molar-refractivity contribution >= 4 is 58.1 Å². The summed E-state index contributed by atoms with van der Waals surface area (Å²) in [6.45, 7) is 7.01. The number of anilines is 1. The highest BCUT2D eigenvalue weighted by atomic mass is 35.5. The number of benzene rings is 2. The number of piperidine rings is 1. The van der Waals surface area contributed by atoms with E-state index >= 15 is 0 Å². The van der Waals surface area contributed by atoms with Crippen molar-refractivity contribution in [1.82, 2.24) is 19.7 Å². The van der Waals surface area contributed by atoms with Crippen LogP contribution in [0.15, 0.2) is 47.5 Å². The van der Waals surface area contributed by atoms with Gasteiger partial charge in [-0.05, 0) is 69.5 Å². The molecule has 1 saturated heterocycles. The second-order valence-corrected chi connectivity index (χ2v) is 14.6. The molecule has 4 aromatic rings. The number of carboxylic acid groups (broad SMARTS) is 2. The average Bonchev–Trinajstić information content (AvgIpc) is 3.64. The number of carbonyl (C=O) groups is 4. The molecule has 2 aliphatic rings. The monoisotopic (exact) mass is 811 g/mol. The highest BCUT2D eigenvalue weighted by Gasteiger charge is 2.38. The molecule has 1 fully saturated rings. The van der Waals surface area contributed by atoms with Crippen LogP contribution in [0, 0.1) is 38.5 Å². The summed E-state index contributed by atoms with van der Waals surface area (Å²) >= 11 is 7.89. The summed E-state index contributed by atoms with van der Waals surface area (Å²) in [5, 5.41) is 27.2. The SMILES string of the molecule is Cc1sc2c(c1C)C(c1ccc(Cl)cc1)=N[C@@H](CC(=O)N1CCC(C(=O)N(C)c3ccc(C(=O)O)c(C#CCN)c3)CC1)c1nnc(C)n1-2.O=C(O)C(F)(F)F. The molecule has 4 N–H and O–H groups in total. The number of fused-ring (bicyclic) bond motifs is 3. The quantitative estimate of drug-likeness (QED) is 0.205. The van der Waals surface area contributed by atoms with Crippen LogP contribution in [-0.2, 0) is 14.4 Å². The van der Waals surface area contributed by atoms with E-state index in [-0.39, 0.29) is 36.3 Å². The molecule has 6 rings (SSSR count). The number of alkyl halides is 3. The number of thiophene rings is 1. The van der Waals surface area contributed by atoms with E-state index in [4.69, 9.17) is 32.2 Å². The minimum absolute atomic E-state index is 0.0462. The Balaban J connectivity index is 0.000000784. The third-order valence-corrected chi connectivity index (χ3v) is 10.9. The Morgan fingerprint density at radius 1 is 1.04 bits per heavy atom. The predicted molar refractivity (Wildman–Crippen MR) is 204 cm³/mol. The molecule has 13 nitrogen and oxygen atoms in total. The summed E-state index contributed by atoms with van der Waals surface area (Å²) in [6.07, 6.45) is -3.99. The van der Waals surface area contributed by atoms with Crippen LogP contribution >= 0.6 is 22.9 Å². The first kappa shape index (κ1) is 41.6. The van der Waals surface area contributed by atoms with Gasteiger partial charge in [-0.1, -0.05) is 35.6 Å². The van der Waals surface area contributed by atoms with Gasteiger partial charge in [0.15, 0.2) is 5.82 Å². The molecule has 0 spiro atoms. The highest BCUT2D eigenvalue weighted by Crippen LogP contribution is 2.40. The Morgan fingerprint density at radius 2 is 1.68 bits per heavy atom. The standard InChI is InChI=1S/C36H36ClN7O4S.C2HF3O2/c1-20-21(2)49-35-31(20)32(23-7-9-26(37)10-8-23)39-29(33-41-40-22(3)44(33)35)19-30(45)43-16-13-24(14-17-43)34(46)42(4)27-11-12-28(36(47)48)25(18-27)6-5-15-38;3-2(4,5)1(6)7/h7-12,18,24,29H,13-17,19,38H2,1-4H3,(H,47,48);(H,6,7)/t29-;/m0./s1. The molecule has 2 amide bonds. The lowest BCUT2D eigenvalue weighted by molar-refractivity contribution is -0.192. The second-order valence-electron chi connectivity index (χ2n) is 13.0. The molecule has 4 heterocycles. The number of nitrogens with two attached hydrogens (primary N) is 1. The molecule has 18 heteroatoms. The van der Waals surface area contributed by atoms with Crippen LogP contribution in [0.2, 0.25) is 5.02 Å². The van der Waals surface area contributed by atoms with Crippen LogP contribution in [0.4, 0.5) is 18.9 Å². The van der Waals surface area contributed by atoms with Gasteiger partial charge in [-0.25, -0.2) is 9.59 Å². The van der Waals surface area contributed by atoms with E-state index in [0.29, 0.717) is 48.0 Å². The highest BCUT2D eigenvalue weighted by molar-refractivity contribution is 7.15. The Kier molecular flexibility index (Phi) is 12.7. The topological polar surface area (TPSA) is 184 Å². The first-order valence-electron chi connectivity index (χ1n) is 17.2. The van der Waals surface area contributed by atoms with Gasteiger partial charge in [-0.3, -0.25) is 19.1 Å². The number of aliphatic imine (C=N–C) groups is 1. The molecule has 0 radical (unpaired) electrons. The van der Waals surface area contributed by atoms with E-state index in [0.717, 1.165) is 33.2 Å². The Hall–Kier alpha value is -5.57. The number of aromatic carboxylic acids is 1. The van der Waals surface area contributed by atoms with E-state index in [1.807, 2.05) is 35.8 Å². The summed E-state index contributed by atoms with van der Waals surface area (Å²) in [7, 11) is 1.66. The lowest BCUT2D eigenvalue weighted by atomic mass is 9.94. The van der Waals surface area contributed by atoms with Gasteiger partial charge in [-0.2, -0.15) is 13.2 Å². The first-order chi connectivity index (χ1) is 26.4. The molecule has 0 bridgehead atoms. The van der Waals surface area contributed by atoms with Gasteiger partial charge in [0.1, 0.15) is 16.9 Å². The number of aromatic nitrogens is 3. The van der Waals surface area contributed by atoms with E-state index in [1.165, 1.54) is 15.8 Å². The van der Waals surface area contributed by atoms with Crippen molar-refractivity contribution < 1.29 is 42.6 Å². The second kappa shape index (κ2) is 17.1. The van der Waals surface area contributed by atoms with Crippen molar-refractivity contribution in [2.24, 2.45) is 16.6 Å². The number of carbonyl (C=O) groups excluding carboxylic acids is 2. The van der Waals surface area contributed by atoms with Gasteiger partial charge >= 0.3 is 18.1 Å². The minimum atomic E-state index is -5.08. The fourth-order valence-corrected chi connectivity index (χ4v) is 7.72. The zero-order chi connectivity index (χ0) is 41.1. The van der Waals surface area contributed by atoms with Gasteiger partial charge in [0.25, 0.3) is 0 Å². The van der Waals surface area contributed by atoms with Gasteiger partial charge in [-0.15, -0.1) is 21.5 Å². The Morgan fingerprint density at radius 3 is 2.27 bits per heavy atom. The first-order valence-corrected chi connectivity index (χ1v) is 18.4. The molecule has 294 valence electrons. The number of likely N-dealkylation sites (tertiary alicyclic amines) is 1. The number of aryl methyl sites for hydroxylation is 2. The van der Waals surface area contributed by atoms with Crippen molar-refractivity contribution in [2.45, 2.75) is 52.3 Å². The fraction of sp³-hybridized carbons (Fsp3) is 0.342. The van der Waals surface area contributed by atoms with Gasteiger partial charge < -0.3 is 25.7 Å². The molecule has 56 heavy (non-hydrogen) atoms. The fourth-order valence-electron chi connectivity index (χ4n) is 6.38. The summed E-state index contributed by atoms with van der Waals surface area (Å²) < 4.78 is 33.8. The third-order valence-electron chi connectivity index (χ3n) is 9.44. The van der Waals surface area contributed by atoms with Crippen LogP contribution in [0.25, 0.3) is 5.00 Å². The van der Waals surface area contributed by atoms with E-state index < -0.39 is 24.2 Å². The number of rotatable bonds is 6. The number of amides is 2. The molecule has 0 aliphatic carbocycles. The van der Waals surface area contributed by atoms with Crippen LogP contribution in [0.5, 0.6) is 0 Å². The van der Waals surface area contributed by atoms with E-state index in [2.05, 4.69) is 35.9 Å². The smallest absolute Gasteiger partial charge is 0.478 e. The van der Waals surface area contributed by atoms with Crippen LogP contribution in [0.3, 0.4) is 0 Å². The van der Waals surface area contributed by atoms with Crippen LogP contribution < -0.4 is 10.6 Å². The number of carboxylic acids is 2. The molecule has 0 unspecified atom stereocenters. The predicted octanol–water partition coefficient (Wildman–Crippen LogP) is 5.73. The van der Waals surface area contributed by atoms with Crippen molar-refractivity contribution in [3.05, 3.63) is 91.8 Å². The van der Waals surface area contributed by atoms with Crippen molar-refractivity contribution in [1.29, 1.82) is 0 Å². The van der Waals surface area contributed by atoms with E-state index in [1.54, 1.807) is 35.4 Å². The number of aliphatic carboxylic acids is 1. The zero-order valence-corrected chi connectivity index (χ0v) is 32.2. The summed E-state index contributed by atoms with van der Waals surface area (Å²) in [6, 6.07) is 11.6. The average molecular weight is 812 g/mol. The molecule has 2 aromatic heterocycles. The van der Waals surface area contributed by atoms with Gasteiger partial charge in [0.2, 0.25) is 11.8 Å². The van der Waals surface area contributed by atoms with Gasteiger partial charge in [0.05, 0.1) is 24.2 Å². The molecular formula is C38H37ClF3N7O6S. The Bertz CT molecular complexity index is 2270. The summed E-state index contributed by atoms with van der Waals surface area (Å²) in [4.78, 5) is 57.7. The molecule has 1 atom stereocenters. The number of hydrogen-bond acceptors (Lipinski definition) is 9. The van der Waals surface area contributed by atoms with Gasteiger partial charge in [0, 0.05) is 58.3 Å². The maximum Gasteiger partial charge on any atom is 0.490 e. The van der Waals surface area contributed by atoms with Crippen LogP contribution in [-0.4, -0.2) is 92.2 Å². The maximum absolute atomic E-state index is 13.9. The number of nitrogens with zero attached hydrogens (tertiary/aromatic N) is 6. The minimum Gasteiger partial charge on any atom is -0.478 e. The van der Waals surface area contributed by atoms with Crippen molar-refractivity contribution in [3.8, 4) is 16.8 Å². The van der Waals surface area contributed by atoms with Crippen molar-refractivity contribution in [3.63, 3.8) is 0 Å². The summed E-state index contributed by atoms with van der Waals surface area (Å²) in [5.74, 6) is 2.49. The molecular weight excluding hydrogens is 775 g/mol. The maximum atomic E-state index is 13.9. The number of halogens is 4. The van der Waals surface area contributed by atoms with Crippen LogP contribution in [0.1, 0.15) is 74.4 Å². The van der Waals surface area contributed by atoms with Crippen molar-refractivity contribution in [2.75, 3.05) is 31.6 Å². The molecule has 0 saturated carbocycles. The summed E-state index contributed by atoms with van der Waals surface area (Å²) in [5.41, 5.74) is 10.2. The lowest BCUT2D eigenvalue weighted by Gasteiger charge is -2.33. The number of hydrogen-bond donors (Lipinski definition) is 3. The lowest BCUT2D eigenvalue weighted by Crippen LogP contribution is -2.44. The normalized spacial score (nSPS) is 15.2. The molecule has 2 aliphatic heterocycles. The molecule has 2 aromatic carbocycles. The van der Waals surface area contributed by atoms with E-state index in [9.17, 15) is 32.7 Å². The third kappa shape index (κ3) is 8.93. The zero-order valence-electron chi connectivity index (χ0n) is 30.6. The Labute approximate surface area is 328 Å². The largest absolute Gasteiger partial charge is 0.490 e.